The van der Waals surface area contributed by atoms with Crippen LogP contribution in [0.5, 0.6) is 0 Å². The Hall–Kier alpha value is -2.18. The molecule has 0 spiro atoms. The van der Waals surface area contributed by atoms with Gasteiger partial charge in [-0.25, -0.2) is 4.98 Å². The molecule has 0 saturated carbocycles. The Balaban J connectivity index is 1.23. The van der Waals surface area contributed by atoms with Crippen LogP contribution >= 0.6 is 0 Å². The summed E-state index contributed by atoms with van der Waals surface area (Å²) in [6.07, 6.45) is 4.88. The van der Waals surface area contributed by atoms with Gasteiger partial charge in [-0.3, -0.25) is 9.69 Å². The Morgan fingerprint density at radius 2 is 1.90 bits per heavy atom. The van der Waals surface area contributed by atoms with Crippen LogP contribution in [0, 0.1) is 11.8 Å². The minimum Gasteiger partial charge on any atom is -0.439 e. The van der Waals surface area contributed by atoms with Crippen molar-refractivity contribution in [3.05, 3.63) is 42.4 Å². The first kappa shape index (κ1) is 20.1. The van der Waals surface area contributed by atoms with Crippen LogP contribution in [0.3, 0.4) is 0 Å². The molecule has 0 aliphatic carbocycles. The van der Waals surface area contributed by atoms with Crippen LogP contribution in [0.4, 0.5) is 0 Å². The molecule has 0 bridgehead atoms. The fourth-order valence-electron chi connectivity index (χ4n) is 4.45. The minimum absolute atomic E-state index is 0.318. The normalized spacial score (nSPS) is 20.0. The van der Waals surface area contributed by atoms with E-state index in [1.54, 1.807) is 6.20 Å². The molecule has 1 aromatic carbocycles. The molecule has 2 aliphatic rings. The molecule has 2 aliphatic heterocycles. The third kappa shape index (κ3) is 5.25. The maximum Gasteiger partial charge on any atom is 0.222 e. The van der Waals surface area contributed by atoms with Gasteiger partial charge in [0.25, 0.3) is 0 Å². The predicted octanol–water partition coefficient (Wildman–Crippen LogP) is 3.01. The lowest BCUT2D eigenvalue weighted by atomic mass is 9.84. The van der Waals surface area contributed by atoms with Crippen LogP contribution in [-0.2, 0) is 11.3 Å². The molecule has 2 fully saturated rings. The monoisotopic (exact) mass is 396 g/mol. The summed E-state index contributed by atoms with van der Waals surface area (Å²) in [7, 11) is 0. The van der Waals surface area contributed by atoms with Crippen LogP contribution in [0.2, 0.25) is 0 Å². The molecule has 3 heterocycles. The van der Waals surface area contributed by atoms with Crippen molar-refractivity contribution in [3.63, 3.8) is 0 Å². The number of amides is 1. The summed E-state index contributed by atoms with van der Waals surface area (Å²) in [6, 6.07) is 10.0. The fraction of sp³-hybridized carbons (Fsp3) is 0.565. The van der Waals surface area contributed by atoms with E-state index in [9.17, 15) is 4.79 Å². The van der Waals surface area contributed by atoms with Crippen LogP contribution in [0.25, 0.3) is 11.3 Å². The molecule has 29 heavy (non-hydrogen) atoms. The lowest BCUT2D eigenvalue weighted by Crippen LogP contribution is -2.48. The Morgan fingerprint density at radius 3 is 2.62 bits per heavy atom. The van der Waals surface area contributed by atoms with Crippen molar-refractivity contribution in [1.82, 2.24) is 20.1 Å². The molecule has 1 atom stereocenters. The highest BCUT2D eigenvalue weighted by molar-refractivity contribution is 5.76. The predicted molar refractivity (Wildman–Crippen MR) is 113 cm³/mol. The average Bonchev–Trinajstić information content (AvgIpc) is 3.24. The van der Waals surface area contributed by atoms with Crippen molar-refractivity contribution in [2.24, 2.45) is 11.8 Å². The minimum atomic E-state index is 0.318. The SMILES string of the molecule is CC(CC(=O)N1CCN(Cc2ncc(-c3ccccc3)o2)CC1)C1CCNCC1. The molecule has 1 unspecified atom stereocenters. The largest absolute Gasteiger partial charge is 0.439 e. The van der Waals surface area contributed by atoms with Crippen molar-refractivity contribution < 1.29 is 9.21 Å². The Kier molecular flexibility index (Phi) is 6.62. The molecule has 0 radical (unpaired) electrons. The number of piperidine rings is 1. The second kappa shape index (κ2) is 9.55. The number of nitrogens with zero attached hydrogens (tertiary/aromatic N) is 3. The summed E-state index contributed by atoms with van der Waals surface area (Å²) in [5.74, 6) is 3.03. The van der Waals surface area contributed by atoms with Crippen molar-refractivity contribution in [2.45, 2.75) is 32.7 Å². The van der Waals surface area contributed by atoms with Crippen LogP contribution in [-0.4, -0.2) is 60.0 Å². The number of benzene rings is 1. The van der Waals surface area contributed by atoms with E-state index in [4.69, 9.17) is 4.42 Å². The van der Waals surface area contributed by atoms with Crippen molar-refractivity contribution >= 4 is 5.91 Å². The van der Waals surface area contributed by atoms with Gasteiger partial charge in [-0.15, -0.1) is 0 Å². The zero-order valence-corrected chi connectivity index (χ0v) is 17.3. The van der Waals surface area contributed by atoms with Crippen LogP contribution in [0.1, 0.15) is 32.1 Å². The Labute approximate surface area is 173 Å². The molecule has 1 amide bonds. The molecule has 2 saturated heterocycles. The van der Waals surface area contributed by atoms with Gasteiger partial charge in [-0.2, -0.15) is 0 Å². The van der Waals surface area contributed by atoms with Gasteiger partial charge in [0.05, 0.1) is 12.7 Å². The number of aromatic nitrogens is 1. The van der Waals surface area contributed by atoms with E-state index in [0.717, 1.165) is 56.5 Å². The van der Waals surface area contributed by atoms with Gasteiger partial charge < -0.3 is 14.6 Å². The molecule has 2 aromatic rings. The van der Waals surface area contributed by atoms with Gasteiger partial charge >= 0.3 is 0 Å². The lowest BCUT2D eigenvalue weighted by Gasteiger charge is -2.35. The second-order valence-corrected chi connectivity index (χ2v) is 8.41. The van der Waals surface area contributed by atoms with Gasteiger partial charge in [-0.1, -0.05) is 37.3 Å². The summed E-state index contributed by atoms with van der Waals surface area (Å²) in [6.45, 7) is 8.46. The van der Waals surface area contributed by atoms with E-state index in [1.807, 2.05) is 35.2 Å². The molecule has 156 valence electrons. The van der Waals surface area contributed by atoms with Crippen molar-refractivity contribution in [1.29, 1.82) is 0 Å². The first-order valence-corrected chi connectivity index (χ1v) is 10.9. The number of rotatable bonds is 6. The highest BCUT2D eigenvalue weighted by Gasteiger charge is 2.26. The van der Waals surface area contributed by atoms with E-state index in [2.05, 4.69) is 22.1 Å². The number of carbonyl (C=O) groups excluding carboxylic acids is 1. The summed E-state index contributed by atoms with van der Waals surface area (Å²) >= 11 is 0. The van der Waals surface area contributed by atoms with Crippen molar-refractivity contribution in [2.75, 3.05) is 39.3 Å². The highest BCUT2D eigenvalue weighted by Crippen LogP contribution is 2.25. The standard InChI is InChI=1S/C23H32N4O2/c1-18(19-7-9-24-10-8-19)15-23(28)27-13-11-26(12-14-27)17-22-25-16-21(29-22)20-5-3-2-4-6-20/h2-6,16,18-19,24H,7-15,17H2,1H3. The Morgan fingerprint density at radius 1 is 1.17 bits per heavy atom. The number of nitrogens with one attached hydrogen (secondary N) is 1. The summed E-state index contributed by atoms with van der Waals surface area (Å²) in [5, 5.41) is 3.41. The molecule has 6 nitrogen and oxygen atoms in total. The van der Waals surface area contributed by atoms with Crippen molar-refractivity contribution in [3.8, 4) is 11.3 Å². The topological polar surface area (TPSA) is 61.6 Å². The lowest BCUT2D eigenvalue weighted by molar-refractivity contribution is -0.134. The maximum absolute atomic E-state index is 12.7. The Bertz CT molecular complexity index is 777. The average molecular weight is 397 g/mol. The van der Waals surface area contributed by atoms with E-state index in [1.165, 1.54) is 12.8 Å². The van der Waals surface area contributed by atoms with E-state index in [-0.39, 0.29) is 0 Å². The number of hydrogen-bond acceptors (Lipinski definition) is 5. The first-order valence-electron chi connectivity index (χ1n) is 10.9. The van der Waals surface area contributed by atoms with Gasteiger partial charge in [0.1, 0.15) is 0 Å². The zero-order chi connectivity index (χ0) is 20.1. The molecule has 4 rings (SSSR count). The first-order chi connectivity index (χ1) is 14.2. The zero-order valence-electron chi connectivity index (χ0n) is 17.3. The van der Waals surface area contributed by atoms with E-state index >= 15 is 0 Å². The van der Waals surface area contributed by atoms with Gasteiger partial charge in [0.15, 0.2) is 5.76 Å². The van der Waals surface area contributed by atoms with Gasteiger partial charge in [0, 0.05) is 38.2 Å². The quantitative estimate of drug-likeness (QED) is 0.813. The molecular formula is C23H32N4O2. The molecular weight excluding hydrogens is 364 g/mol. The number of carbonyl (C=O) groups is 1. The third-order valence-electron chi connectivity index (χ3n) is 6.38. The molecule has 6 heteroatoms. The number of piperazine rings is 1. The molecule has 1 N–H and O–H groups in total. The maximum atomic E-state index is 12.7. The summed E-state index contributed by atoms with van der Waals surface area (Å²) in [5.41, 5.74) is 1.05. The van der Waals surface area contributed by atoms with Crippen LogP contribution < -0.4 is 5.32 Å². The van der Waals surface area contributed by atoms with Crippen LogP contribution in [0.15, 0.2) is 40.9 Å². The number of oxazole rings is 1. The third-order valence-corrected chi connectivity index (χ3v) is 6.38. The summed E-state index contributed by atoms with van der Waals surface area (Å²) < 4.78 is 5.93. The highest BCUT2D eigenvalue weighted by atomic mass is 16.4. The van der Waals surface area contributed by atoms with E-state index < -0.39 is 0 Å². The van der Waals surface area contributed by atoms with E-state index in [0.29, 0.717) is 30.7 Å². The van der Waals surface area contributed by atoms with Gasteiger partial charge in [-0.05, 0) is 37.8 Å². The molecule has 1 aromatic heterocycles. The smallest absolute Gasteiger partial charge is 0.222 e. The summed E-state index contributed by atoms with van der Waals surface area (Å²) in [4.78, 5) is 21.5. The number of hydrogen-bond donors (Lipinski definition) is 1. The van der Waals surface area contributed by atoms with Gasteiger partial charge in [0.2, 0.25) is 11.8 Å². The second-order valence-electron chi connectivity index (χ2n) is 8.41. The fourth-order valence-corrected chi connectivity index (χ4v) is 4.45.